The van der Waals surface area contributed by atoms with Crippen LogP contribution in [-0.2, 0) is 0 Å². The van der Waals surface area contributed by atoms with Crippen LogP contribution < -0.4 is 4.74 Å². The van der Waals surface area contributed by atoms with Gasteiger partial charge in [0.15, 0.2) is 0 Å². The summed E-state index contributed by atoms with van der Waals surface area (Å²) in [5.74, 6) is 1.86. The van der Waals surface area contributed by atoms with E-state index in [1.807, 2.05) is 29.2 Å². The van der Waals surface area contributed by atoms with Crippen molar-refractivity contribution in [1.29, 1.82) is 0 Å². The molecule has 1 atom stereocenters. The molecule has 4 heteroatoms. The van der Waals surface area contributed by atoms with Gasteiger partial charge in [-0.25, -0.2) is 0 Å². The molecule has 1 N–H and O–H groups in total. The lowest BCUT2D eigenvalue weighted by Crippen LogP contribution is -2.29. The van der Waals surface area contributed by atoms with Crippen LogP contribution in [0.25, 0.3) is 0 Å². The first-order valence-corrected chi connectivity index (χ1v) is 7.39. The number of likely N-dealkylation sites (tertiary alicyclic amines) is 1. The average molecular weight is 275 g/mol. The van der Waals surface area contributed by atoms with E-state index in [1.165, 1.54) is 12.8 Å². The van der Waals surface area contributed by atoms with Gasteiger partial charge < -0.3 is 14.7 Å². The van der Waals surface area contributed by atoms with E-state index in [9.17, 15) is 4.79 Å². The first kappa shape index (κ1) is 13.4. The highest BCUT2D eigenvalue weighted by atomic mass is 16.5. The average Bonchev–Trinajstić information content (AvgIpc) is 3.20. The SMILES string of the molecule is O=C(c1ccc(OCC2CC2)cc1)N1CCC(CO)C1. The maximum atomic E-state index is 12.3. The predicted molar refractivity (Wildman–Crippen MR) is 75.8 cm³/mol. The Hall–Kier alpha value is -1.55. The zero-order chi connectivity index (χ0) is 13.9. The highest BCUT2D eigenvalue weighted by Gasteiger charge is 2.26. The van der Waals surface area contributed by atoms with Crippen LogP contribution in [0.3, 0.4) is 0 Å². The second-order valence-electron chi connectivity index (χ2n) is 5.87. The minimum absolute atomic E-state index is 0.0506. The van der Waals surface area contributed by atoms with Crippen molar-refractivity contribution >= 4 is 5.91 Å². The van der Waals surface area contributed by atoms with Crippen LogP contribution in [0.2, 0.25) is 0 Å². The van der Waals surface area contributed by atoms with Gasteiger partial charge in [-0.15, -0.1) is 0 Å². The standard InChI is InChI=1S/C16H21NO3/c18-10-13-7-8-17(9-13)16(19)14-3-5-15(6-4-14)20-11-12-1-2-12/h3-6,12-13,18H,1-2,7-11H2. The van der Waals surface area contributed by atoms with Gasteiger partial charge in [0.2, 0.25) is 0 Å². The molecule has 0 bridgehead atoms. The summed E-state index contributed by atoms with van der Waals surface area (Å²) < 4.78 is 5.67. The molecule has 1 aliphatic heterocycles. The van der Waals surface area contributed by atoms with Crippen molar-refractivity contribution < 1.29 is 14.6 Å². The van der Waals surface area contributed by atoms with Crippen molar-refractivity contribution in [3.63, 3.8) is 0 Å². The van der Waals surface area contributed by atoms with E-state index >= 15 is 0 Å². The molecule has 2 aliphatic rings. The fraction of sp³-hybridized carbons (Fsp3) is 0.562. The zero-order valence-corrected chi connectivity index (χ0v) is 11.6. The Morgan fingerprint density at radius 3 is 2.55 bits per heavy atom. The second-order valence-corrected chi connectivity index (χ2v) is 5.87. The number of benzene rings is 1. The van der Waals surface area contributed by atoms with Crippen LogP contribution in [0.15, 0.2) is 24.3 Å². The summed E-state index contributed by atoms with van der Waals surface area (Å²) in [5, 5.41) is 9.13. The van der Waals surface area contributed by atoms with Gasteiger partial charge in [0.1, 0.15) is 5.75 Å². The molecule has 1 saturated heterocycles. The van der Waals surface area contributed by atoms with Gasteiger partial charge >= 0.3 is 0 Å². The summed E-state index contributed by atoms with van der Waals surface area (Å²) >= 11 is 0. The summed E-state index contributed by atoms with van der Waals surface area (Å²) in [6.45, 7) is 2.36. The van der Waals surface area contributed by atoms with Crippen molar-refractivity contribution in [2.45, 2.75) is 19.3 Å². The van der Waals surface area contributed by atoms with Crippen LogP contribution in [-0.4, -0.2) is 42.2 Å². The maximum Gasteiger partial charge on any atom is 0.253 e. The van der Waals surface area contributed by atoms with E-state index in [4.69, 9.17) is 9.84 Å². The third-order valence-corrected chi connectivity index (χ3v) is 4.12. The van der Waals surface area contributed by atoms with Gasteiger partial charge in [0, 0.05) is 31.2 Å². The largest absolute Gasteiger partial charge is 0.493 e. The zero-order valence-electron chi connectivity index (χ0n) is 11.6. The molecule has 4 nitrogen and oxygen atoms in total. The first-order chi connectivity index (χ1) is 9.76. The van der Waals surface area contributed by atoms with Gasteiger partial charge in [0.25, 0.3) is 5.91 Å². The summed E-state index contributed by atoms with van der Waals surface area (Å²) in [6.07, 6.45) is 3.44. The van der Waals surface area contributed by atoms with Crippen molar-refractivity contribution in [1.82, 2.24) is 4.90 Å². The Morgan fingerprint density at radius 1 is 1.20 bits per heavy atom. The van der Waals surface area contributed by atoms with Crippen LogP contribution in [0.4, 0.5) is 0 Å². The Labute approximate surface area is 119 Å². The van der Waals surface area contributed by atoms with Crippen LogP contribution in [0.1, 0.15) is 29.6 Å². The molecular formula is C16H21NO3. The van der Waals surface area contributed by atoms with Crippen LogP contribution in [0.5, 0.6) is 5.75 Å². The normalized spacial score (nSPS) is 22.1. The number of carbonyl (C=O) groups is 1. The summed E-state index contributed by atoms with van der Waals surface area (Å²) in [5.41, 5.74) is 0.697. The number of hydrogen-bond acceptors (Lipinski definition) is 3. The number of nitrogens with zero attached hydrogens (tertiary/aromatic N) is 1. The van der Waals surface area contributed by atoms with Gasteiger partial charge in [0.05, 0.1) is 6.61 Å². The van der Waals surface area contributed by atoms with Gasteiger partial charge in [-0.05, 0) is 49.4 Å². The van der Waals surface area contributed by atoms with E-state index in [1.54, 1.807) is 0 Å². The lowest BCUT2D eigenvalue weighted by atomic mass is 10.1. The number of amides is 1. The lowest BCUT2D eigenvalue weighted by Gasteiger charge is -2.16. The van der Waals surface area contributed by atoms with Crippen LogP contribution >= 0.6 is 0 Å². The molecule has 2 fully saturated rings. The molecular weight excluding hydrogens is 254 g/mol. The number of aliphatic hydroxyl groups excluding tert-OH is 1. The second kappa shape index (κ2) is 5.83. The molecule has 1 heterocycles. The van der Waals surface area contributed by atoms with Crippen molar-refractivity contribution in [3.8, 4) is 5.75 Å². The van der Waals surface area contributed by atoms with Crippen molar-refractivity contribution in [3.05, 3.63) is 29.8 Å². The number of carbonyl (C=O) groups excluding carboxylic acids is 1. The van der Waals surface area contributed by atoms with Crippen molar-refractivity contribution in [2.75, 3.05) is 26.3 Å². The molecule has 1 aromatic rings. The molecule has 1 aliphatic carbocycles. The maximum absolute atomic E-state index is 12.3. The van der Waals surface area contributed by atoms with Gasteiger partial charge in [-0.2, -0.15) is 0 Å². The van der Waals surface area contributed by atoms with E-state index in [-0.39, 0.29) is 18.4 Å². The molecule has 1 aromatic carbocycles. The van der Waals surface area contributed by atoms with Gasteiger partial charge in [-0.3, -0.25) is 4.79 Å². The smallest absolute Gasteiger partial charge is 0.253 e. The van der Waals surface area contributed by atoms with E-state index in [0.717, 1.165) is 31.2 Å². The van der Waals surface area contributed by atoms with E-state index in [2.05, 4.69) is 0 Å². The third-order valence-electron chi connectivity index (χ3n) is 4.12. The molecule has 1 saturated carbocycles. The molecule has 0 radical (unpaired) electrons. The molecule has 108 valence electrons. The molecule has 3 rings (SSSR count). The highest BCUT2D eigenvalue weighted by molar-refractivity contribution is 5.94. The number of hydrogen-bond donors (Lipinski definition) is 1. The molecule has 20 heavy (non-hydrogen) atoms. The summed E-state index contributed by atoms with van der Waals surface area (Å²) in [7, 11) is 0. The monoisotopic (exact) mass is 275 g/mol. The van der Waals surface area contributed by atoms with Gasteiger partial charge in [-0.1, -0.05) is 0 Å². The summed E-state index contributed by atoms with van der Waals surface area (Å²) in [4.78, 5) is 14.1. The molecule has 1 amide bonds. The number of ether oxygens (including phenoxy) is 1. The lowest BCUT2D eigenvalue weighted by molar-refractivity contribution is 0.0782. The highest BCUT2D eigenvalue weighted by Crippen LogP contribution is 2.29. The Bertz CT molecular complexity index is 467. The first-order valence-electron chi connectivity index (χ1n) is 7.39. The van der Waals surface area contributed by atoms with Crippen molar-refractivity contribution in [2.24, 2.45) is 11.8 Å². The number of rotatable bonds is 5. The molecule has 0 aromatic heterocycles. The Morgan fingerprint density at radius 2 is 1.95 bits per heavy atom. The number of aliphatic hydroxyl groups is 1. The Balaban J connectivity index is 1.57. The fourth-order valence-electron chi connectivity index (χ4n) is 2.54. The molecule has 0 spiro atoms. The predicted octanol–water partition coefficient (Wildman–Crippen LogP) is 1.93. The Kier molecular flexibility index (Phi) is 3.92. The van der Waals surface area contributed by atoms with E-state index in [0.29, 0.717) is 12.1 Å². The minimum atomic E-state index is 0.0506. The quantitative estimate of drug-likeness (QED) is 0.893. The minimum Gasteiger partial charge on any atom is -0.493 e. The summed E-state index contributed by atoms with van der Waals surface area (Å²) in [6, 6.07) is 7.40. The molecule has 1 unspecified atom stereocenters. The van der Waals surface area contributed by atoms with E-state index < -0.39 is 0 Å². The van der Waals surface area contributed by atoms with Crippen LogP contribution in [0, 0.1) is 11.8 Å². The topological polar surface area (TPSA) is 49.8 Å². The third kappa shape index (κ3) is 3.12. The fourth-order valence-corrected chi connectivity index (χ4v) is 2.54.